The van der Waals surface area contributed by atoms with E-state index in [1.165, 1.54) is 12.1 Å². The van der Waals surface area contributed by atoms with Crippen molar-refractivity contribution in [1.82, 2.24) is 10.2 Å². The summed E-state index contributed by atoms with van der Waals surface area (Å²) in [6.45, 7) is 2.63. The molecule has 2 amide bonds. The molecule has 180 valence electrons. The second-order valence-electron chi connectivity index (χ2n) is 9.13. The van der Waals surface area contributed by atoms with Gasteiger partial charge in [-0.15, -0.1) is 0 Å². The second-order valence-corrected chi connectivity index (χ2v) is 9.13. The number of halogens is 2. The summed E-state index contributed by atoms with van der Waals surface area (Å²) in [5.74, 6) is 0.209. The van der Waals surface area contributed by atoms with Crippen molar-refractivity contribution in [3.63, 3.8) is 0 Å². The first-order valence-electron chi connectivity index (χ1n) is 11.8. The summed E-state index contributed by atoms with van der Waals surface area (Å²) in [7, 11) is 0. The van der Waals surface area contributed by atoms with E-state index in [0.717, 1.165) is 37.9 Å². The number of piperidine rings is 1. The second kappa shape index (κ2) is 11.4. The fourth-order valence-corrected chi connectivity index (χ4v) is 4.84. The lowest BCUT2D eigenvalue weighted by molar-refractivity contribution is -0.0599. The van der Waals surface area contributed by atoms with E-state index < -0.39 is 24.3 Å². The van der Waals surface area contributed by atoms with Gasteiger partial charge in [0.1, 0.15) is 12.0 Å². The van der Waals surface area contributed by atoms with Crippen LogP contribution in [0.3, 0.4) is 0 Å². The summed E-state index contributed by atoms with van der Waals surface area (Å²) in [4.78, 5) is 14.8. The molecule has 0 radical (unpaired) electrons. The molecule has 2 saturated heterocycles. The number of nitrogens with zero attached hydrogens (tertiary/aromatic N) is 2. The van der Waals surface area contributed by atoms with E-state index in [4.69, 9.17) is 10.00 Å². The molecule has 4 rings (SSSR count). The van der Waals surface area contributed by atoms with Crippen molar-refractivity contribution in [3.8, 4) is 6.07 Å². The standard InChI is InChI=1S/C26H30F2N4O2/c27-21-7-3-18(4-8-21)14-20-2-1-12-32(16-20)17-24-25(23(28)11-13-34-24)31-26(33)30-22-9-5-19(15-29)6-10-22/h3-10,20,23-25H,1-2,11-14,16-17H2,(H2,30,31,33)/t20-,23-,24+,25+/m0/s1. The van der Waals surface area contributed by atoms with Crippen molar-refractivity contribution >= 4 is 11.7 Å². The minimum absolute atomic E-state index is 0.231. The number of carbonyl (C=O) groups excluding carboxylic acids is 1. The van der Waals surface area contributed by atoms with Gasteiger partial charge in [0.15, 0.2) is 0 Å². The zero-order valence-corrected chi connectivity index (χ0v) is 19.1. The van der Waals surface area contributed by atoms with E-state index in [0.29, 0.717) is 30.3 Å². The molecule has 0 spiro atoms. The molecule has 0 aromatic heterocycles. The largest absolute Gasteiger partial charge is 0.375 e. The molecule has 2 fully saturated rings. The summed E-state index contributed by atoms with van der Waals surface area (Å²) >= 11 is 0. The number of ether oxygens (including phenoxy) is 1. The van der Waals surface area contributed by atoms with Crippen molar-refractivity contribution in [3.05, 3.63) is 65.5 Å². The first kappa shape index (κ1) is 24.1. The normalized spacial score (nSPS) is 25.3. The maximum absolute atomic E-state index is 14.8. The Kier molecular flexibility index (Phi) is 8.09. The van der Waals surface area contributed by atoms with Crippen LogP contribution in [0.15, 0.2) is 48.5 Å². The van der Waals surface area contributed by atoms with E-state index in [9.17, 15) is 13.6 Å². The Bertz CT molecular complexity index is 993. The van der Waals surface area contributed by atoms with Crippen LogP contribution in [-0.2, 0) is 11.2 Å². The summed E-state index contributed by atoms with van der Waals surface area (Å²) in [5.41, 5.74) is 2.14. The molecule has 4 atom stereocenters. The fraction of sp³-hybridized carbons (Fsp3) is 0.462. The van der Waals surface area contributed by atoms with Crippen LogP contribution < -0.4 is 10.6 Å². The summed E-state index contributed by atoms with van der Waals surface area (Å²) in [5, 5.41) is 14.4. The average Bonchev–Trinajstić information content (AvgIpc) is 2.83. The number of carbonyl (C=O) groups is 1. The van der Waals surface area contributed by atoms with E-state index in [1.807, 2.05) is 18.2 Å². The van der Waals surface area contributed by atoms with Gasteiger partial charge in [-0.3, -0.25) is 0 Å². The van der Waals surface area contributed by atoms with E-state index in [1.54, 1.807) is 24.3 Å². The molecular formula is C26H30F2N4O2. The van der Waals surface area contributed by atoms with Crippen molar-refractivity contribution in [2.45, 2.75) is 44.0 Å². The van der Waals surface area contributed by atoms with E-state index >= 15 is 0 Å². The predicted molar refractivity (Wildman–Crippen MR) is 126 cm³/mol. The molecule has 2 heterocycles. The van der Waals surface area contributed by atoms with Crippen LogP contribution in [0, 0.1) is 23.1 Å². The third-order valence-electron chi connectivity index (χ3n) is 6.56. The van der Waals surface area contributed by atoms with Gasteiger partial charge >= 0.3 is 6.03 Å². The number of urea groups is 1. The van der Waals surface area contributed by atoms with Gasteiger partial charge in [-0.2, -0.15) is 5.26 Å². The Balaban J connectivity index is 1.33. The Morgan fingerprint density at radius 3 is 2.65 bits per heavy atom. The van der Waals surface area contributed by atoms with Gasteiger partial charge < -0.3 is 20.3 Å². The summed E-state index contributed by atoms with van der Waals surface area (Å²) in [6, 6.07) is 13.9. The smallest absolute Gasteiger partial charge is 0.319 e. The highest BCUT2D eigenvalue weighted by Gasteiger charge is 2.37. The minimum atomic E-state index is -1.19. The minimum Gasteiger partial charge on any atom is -0.375 e. The number of benzene rings is 2. The molecule has 8 heteroatoms. The molecule has 0 unspecified atom stereocenters. The lowest BCUT2D eigenvalue weighted by Gasteiger charge is -2.40. The van der Waals surface area contributed by atoms with E-state index in [-0.39, 0.29) is 12.2 Å². The maximum atomic E-state index is 14.8. The molecule has 2 aliphatic rings. The first-order chi connectivity index (χ1) is 16.5. The van der Waals surface area contributed by atoms with E-state index in [2.05, 4.69) is 15.5 Å². The molecule has 0 bridgehead atoms. The Morgan fingerprint density at radius 2 is 1.91 bits per heavy atom. The highest BCUT2D eigenvalue weighted by atomic mass is 19.1. The third-order valence-corrected chi connectivity index (χ3v) is 6.56. The molecule has 34 heavy (non-hydrogen) atoms. The van der Waals surface area contributed by atoms with Crippen LogP contribution in [-0.4, -0.2) is 55.5 Å². The number of anilines is 1. The number of hydrogen-bond donors (Lipinski definition) is 2. The van der Waals surface area contributed by atoms with Crippen molar-refractivity contribution in [1.29, 1.82) is 5.26 Å². The quantitative estimate of drug-likeness (QED) is 0.664. The van der Waals surface area contributed by atoms with Gasteiger partial charge in [0.25, 0.3) is 0 Å². The molecule has 2 aliphatic heterocycles. The molecule has 0 saturated carbocycles. The number of alkyl halides is 1. The Labute approximate surface area is 198 Å². The highest BCUT2D eigenvalue weighted by molar-refractivity contribution is 5.89. The molecule has 2 N–H and O–H groups in total. The van der Waals surface area contributed by atoms with Crippen LogP contribution in [0.4, 0.5) is 19.3 Å². The van der Waals surface area contributed by atoms with Crippen molar-refractivity contribution < 1.29 is 18.3 Å². The first-order valence-corrected chi connectivity index (χ1v) is 11.8. The zero-order valence-electron chi connectivity index (χ0n) is 19.1. The number of hydrogen-bond acceptors (Lipinski definition) is 4. The van der Waals surface area contributed by atoms with Crippen LogP contribution in [0.2, 0.25) is 0 Å². The highest BCUT2D eigenvalue weighted by Crippen LogP contribution is 2.24. The maximum Gasteiger partial charge on any atom is 0.319 e. The lowest BCUT2D eigenvalue weighted by atomic mass is 9.90. The Hall–Kier alpha value is -3.02. The Morgan fingerprint density at radius 1 is 1.15 bits per heavy atom. The topological polar surface area (TPSA) is 77.4 Å². The van der Waals surface area contributed by atoms with Gasteiger partial charge in [0.05, 0.1) is 23.8 Å². The van der Waals surface area contributed by atoms with Gasteiger partial charge in [0.2, 0.25) is 0 Å². The zero-order chi connectivity index (χ0) is 23.9. The lowest BCUT2D eigenvalue weighted by Crippen LogP contribution is -2.58. The number of nitriles is 1. The number of likely N-dealkylation sites (tertiary alicyclic amines) is 1. The van der Waals surface area contributed by atoms with Gasteiger partial charge in [-0.05, 0) is 73.7 Å². The third kappa shape index (κ3) is 6.52. The molecule has 2 aromatic carbocycles. The SMILES string of the molecule is N#Cc1ccc(NC(=O)N[C@@H]2[C@@H](F)CCO[C@@H]2CN2CCC[C@@H](Cc3ccc(F)cc3)C2)cc1. The number of amides is 2. The molecule has 2 aromatic rings. The molecular weight excluding hydrogens is 438 g/mol. The van der Waals surface area contributed by atoms with Crippen molar-refractivity contribution in [2.75, 3.05) is 31.6 Å². The predicted octanol–water partition coefficient (Wildman–Crippen LogP) is 4.27. The summed E-state index contributed by atoms with van der Waals surface area (Å²) < 4.78 is 33.9. The van der Waals surface area contributed by atoms with Gasteiger partial charge in [0, 0.05) is 31.8 Å². The van der Waals surface area contributed by atoms with Gasteiger partial charge in [-0.1, -0.05) is 12.1 Å². The van der Waals surface area contributed by atoms with Crippen LogP contribution >= 0.6 is 0 Å². The monoisotopic (exact) mass is 468 g/mol. The average molecular weight is 469 g/mol. The number of rotatable bonds is 6. The summed E-state index contributed by atoms with van der Waals surface area (Å²) in [6.07, 6.45) is 1.62. The van der Waals surface area contributed by atoms with Crippen molar-refractivity contribution in [2.24, 2.45) is 5.92 Å². The molecule has 0 aliphatic carbocycles. The van der Waals surface area contributed by atoms with Crippen LogP contribution in [0.1, 0.15) is 30.4 Å². The van der Waals surface area contributed by atoms with Gasteiger partial charge in [-0.25, -0.2) is 13.6 Å². The number of nitrogens with one attached hydrogen (secondary N) is 2. The van der Waals surface area contributed by atoms with Crippen LogP contribution in [0.5, 0.6) is 0 Å². The fourth-order valence-electron chi connectivity index (χ4n) is 4.84. The van der Waals surface area contributed by atoms with Crippen LogP contribution in [0.25, 0.3) is 0 Å². The molecule has 6 nitrogen and oxygen atoms in total.